The van der Waals surface area contributed by atoms with Gasteiger partial charge in [-0.05, 0) is 91.3 Å². The Morgan fingerprint density at radius 3 is 2.72 bits per heavy atom. The molecule has 1 saturated carbocycles. The molecule has 0 N–H and O–H groups in total. The van der Waals surface area contributed by atoms with E-state index in [9.17, 15) is 9.00 Å². The lowest BCUT2D eigenvalue weighted by Gasteiger charge is -2.43. The molecule has 3 aliphatic rings. The highest BCUT2D eigenvalue weighted by Gasteiger charge is 2.38. The van der Waals surface area contributed by atoms with Crippen LogP contribution in [0.5, 0.6) is 5.75 Å². The molecule has 7 nitrogen and oxygen atoms in total. The number of aryl methyl sites for hydroxylation is 1. The van der Waals surface area contributed by atoms with Gasteiger partial charge in [0.05, 0.1) is 31.1 Å². The summed E-state index contributed by atoms with van der Waals surface area (Å²) in [6.45, 7) is 4.63. The summed E-state index contributed by atoms with van der Waals surface area (Å²) in [6, 6.07) is 11.7. The third-order valence-corrected chi connectivity index (χ3v) is 10.9. The van der Waals surface area contributed by atoms with E-state index >= 15 is 0 Å². The average Bonchev–Trinajstić information content (AvgIpc) is 3.00. The minimum absolute atomic E-state index is 0.0540. The summed E-state index contributed by atoms with van der Waals surface area (Å²) in [5.74, 6) is 1.21. The zero-order chi connectivity index (χ0) is 30.3. The second-order valence-electron chi connectivity index (χ2n) is 11.8. The van der Waals surface area contributed by atoms with Gasteiger partial charge in [-0.2, -0.15) is 4.36 Å². The summed E-state index contributed by atoms with van der Waals surface area (Å²) in [7, 11) is -0.340. The molecule has 1 amide bonds. The third kappa shape index (κ3) is 8.34. The first-order valence-corrected chi connectivity index (χ1v) is 18.5. The monoisotopic (exact) mass is 740 g/mol. The van der Waals surface area contributed by atoms with Crippen LogP contribution in [0.4, 0.5) is 5.69 Å². The average molecular weight is 741 g/mol. The molecule has 0 aromatic heterocycles. The van der Waals surface area contributed by atoms with Crippen LogP contribution in [-0.2, 0) is 33.0 Å². The number of amides is 1. The zero-order valence-corrected chi connectivity index (χ0v) is 28.7. The molecule has 2 aromatic carbocycles. The van der Waals surface area contributed by atoms with Crippen LogP contribution in [0, 0.1) is 17.8 Å². The molecule has 1 fully saturated rings. The van der Waals surface area contributed by atoms with Crippen LogP contribution in [0.3, 0.4) is 0 Å². The first-order chi connectivity index (χ1) is 20.9. The van der Waals surface area contributed by atoms with Crippen molar-refractivity contribution in [1.82, 2.24) is 0 Å². The van der Waals surface area contributed by atoms with E-state index in [-0.39, 0.29) is 23.9 Å². The second-order valence-corrected chi connectivity index (χ2v) is 14.6. The molecule has 0 saturated heterocycles. The van der Waals surface area contributed by atoms with Gasteiger partial charge >= 0.3 is 0 Å². The Kier molecular flexibility index (Phi) is 11.8. The number of benzene rings is 2. The number of nitrogens with zero attached hydrogens (tertiary/aromatic N) is 2. The first-order valence-electron chi connectivity index (χ1n) is 15.2. The fourth-order valence-corrected chi connectivity index (χ4v) is 7.90. The predicted molar refractivity (Wildman–Crippen MR) is 182 cm³/mol. The summed E-state index contributed by atoms with van der Waals surface area (Å²) in [5, 5.41) is 0.741. The molecule has 2 aliphatic heterocycles. The van der Waals surface area contributed by atoms with E-state index in [4.69, 9.17) is 25.8 Å². The van der Waals surface area contributed by atoms with Gasteiger partial charge in [-0.3, -0.25) is 9.00 Å². The van der Waals surface area contributed by atoms with E-state index in [1.807, 2.05) is 25.1 Å². The summed E-state index contributed by atoms with van der Waals surface area (Å²) in [5.41, 5.74) is 3.75. The standard InChI is InChI=1S/C33H42ClIN2O5S/c1-22-21-43(39)36-33(38)24-8-11-32-29(18-24)37(19-25-6-9-27(34)17-23(25)5-3-4-15-41-32)20-26-7-10-28(26)31(40-2)13-12-30(22)42-16-14-35/h6,8-9,11-13,17-18,22,26,28,30-31,43H,3-5,7,10,14-16,19-21H2,1-2H3/b13-12+/t22-,26+,28-,30+,31+/m1/s1. The fraction of sp³-hybridized carbons (Fsp3) is 0.545. The van der Waals surface area contributed by atoms with Crippen LogP contribution >= 0.6 is 34.2 Å². The van der Waals surface area contributed by atoms with E-state index in [1.165, 1.54) is 11.1 Å². The van der Waals surface area contributed by atoms with Crippen LogP contribution < -0.4 is 9.64 Å². The van der Waals surface area contributed by atoms with Gasteiger partial charge in [0, 0.05) is 51.6 Å². The van der Waals surface area contributed by atoms with E-state index in [0.29, 0.717) is 37.2 Å². The van der Waals surface area contributed by atoms with Crippen molar-refractivity contribution in [3.05, 3.63) is 70.3 Å². The Morgan fingerprint density at radius 1 is 1.12 bits per heavy atom. The van der Waals surface area contributed by atoms with E-state index < -0.39 is 16.5 Å². The maximum Gasteiger partial charge on any atom is 0.284 e. The SMILES string of the molecule is CO[C@H]1/C=C/[C@H](OCCI)[C@H](C)C/[SH](=O)=N\C(=O)c2ccc3c(c2)N(Cc2ccc(Cl)cc2CCCCO3)C[C@@H]2CC[C@H]21. The minimum atomic E-state index is -2.11. The molecule has 234 valence electrons. The number of thiol groups is 1. The molecule has 2 heterocycles. The van der Waals surface area contributed by atoms with Gasteiger partial charge in [-0.25, -0.2) is 0 Å². The van der Waals surface area contributed by atoms with Crippen LogP contribution in [0.15, 0.2) is 52.9 Å². The molecule has 0 spiro atoms. The number of hydrogen-bond acceptors (Lipinski definition) is 6. The lowest BCUT2D eigenvalue weighted by molar-refractivity contribution is 0.0115. The van der Waals surface area contributed by atoms with Gasteiger partial charge in [0.15, 0.2) is 0 Å². The fourth-order valence-electron chi connectivity index (χ4n) is 6.35. The minimum Gasteiger partial charge on any atom is -0.491 e. The molecule has 2 aromatic rings. The quantitative estimate of drug-likeness (QED) is 0.159. The van der Waals surface area contributed by atoms with E-state index in [2.05, 4.69) is 56.1 Å². The molecular formula is C33H42ClIN2O5S. The third-order valence-electron chi connectivity index (χ3n) is 8.88. The molecule has 6 atom stereocenters. The number of hydrogen-bond donors (Lipinski definition) is 1. The maximum atomic E-state index is 13.4. The molecule has 0 radical (unpaired) electrons. The van der Waals surface area contributed by atoms with Gasteiger partial charge in [-0.1, -0.05) is 59.3 Å². The Morgan fingerprint density at radius 2 is 1.95 bits per heavy atom. The lowest BCUT2D eigenvalue weighted by Crippen LogP contribution is -2.43. The highest BCUT2D eigenvalue weighted by atomic mass is 127. The normalized spacial score (nSPS) is 29.5. The van der Waals surface area contributed by atoms with Crippen molar-refractivity contribution in [2.75, 3.05) is 41.9 Å². The maximum absolute atomic E-state index is 13.4. The number of methoxy groups -OCH3 is 1. The number of alkyl halides is 1. The van der Waals surface area contributed by atoms with Crippen LogP contribution in [0.2, 0.25) is 5.02 Å². The van der Waals surface area contributed by atoms with Crippen molar-refractivity contribution >= 4 is 56.4 Å². The Balaban J connectivity index is 1.59. The highest BCUT2D eigenvalue weighted by Crippen LogP contribution is 2.42. The summed E-state index contributed by atoms with van der Waals surface area (Å²) in [4.78, 5) is 15.7. The number of rotatable bonds is 4. The van der Waals surface area contributed by atoms with Gasteiger partial charge < -0.3 is 19.1 Å². The molecule has 2 bridgehead atoms. The van der Waals surface area contributed by atoms with Crippen molar-refractivity contribution in [3.63, 3.8) is 0 Å². The van der Waals surface area contributed by atoms with Crippen LogP contribution in [0.25, 0.3) is 0 Å². The van der Waals surface area contributed by atoms with Crippen molar-refractivity contribution < 1.29 is 23.2 Å². The Hall–Kier alpha value is -1.66. The molecule has 1 aliphatic carbocycles. The number of carbonyl (C=O) groups excluding carboxylic acids is 1. The van der Waals surface area contributed by atoms with Crippen LogP contribution in [0.1, 0.15) is 54.1 Å². The second kappa shape index (κ2) is 15.6. The van der Waals surface area contributed by atoms with Gasteiger partial charge in [0.25, 0.3) is 5.91 Å². The van der Waals surface area contributed by atoms with Crippen molar-refractivity contribution in [1.29, 1.82) is 0 Å². The molecule has 1 unspecified atom stereocenters. The number of anilines is 1. The number of carbonyl (C=O) groups is 1. The smallest absolute Gasteiger partial charge is 0.284 e. The molecule has 43 heavy (non-hydrogen) atoms. The van der Waals surface area contributed by atoms with Crippen LogP contribution in [-0.4, -0.2) is 59.4 Å². The summed E-state index contributed by atoms with van der Waals surface area (Å²) in [6.07, 6.45) is 8.93. The molecular weight excluding hydrogens is 699 g/mol. The first kappa shape index (κ1) is 32.7. The zero-order valence-electron chi connectivity index (χ0n) is 24.9. The van der Waals surface area contributed by atoms with Crippen molar-refractivity contribution in [3.8, 4) is 5.75 Å². The van der Waals surface area contributed by atoms with Gasteiger partial charge in [0.2, 0.25) is 0 Å². The largest absolute Gasteiger partial charge is 0.491 e. The Labute approximate surface area is 276 Å². The van der Waals surface area contributed by atoms with Gasteiger partial charge in [-0.15, -0.1) is 0 Å². The number of fused-ring (bicyclic) bond motifs is 3. The van der Waals surface area contributed by atoms with E-state index in [0.717, 1.165) is 59.5 Å². The number of halogens is 2. The van der Waals surface area contributed by atoms with Crippen molar-refractivity contribution in [2.24, 2.45) is 22.1 Å². The summed E-state index contributed by atoms with van der Waals surface area (Å²) >= 11 is 8.72. The van der Waals surface area contributed by atoms with Crippen molar-refractivity contribution in [2.45, 2.75) is 57.8 Å². The topological polar surface area (TPSA) is 77.4 Å². The lowest BCUT2D eigenvalue weighted by atomic mass is 9.70. The highest BCUT2D eigenvalue weighted by molar-refractivity contribution is 14.1. The molecule has 5 rings (SSSR count). The number of ether oxygens (including phenoxy) is 3. The predicted octanol–water partition coefficient (Wildman–Crippen LogP) is 6.93. The summed E-state index contributed by atoms with van der Waals surface area (Å²) < 4.78 is 36.7. The Bertz CT molecular complexity index is 1400. The van der Waals surface area contributed by atoms with E-state index in [1.54, 1.807) is 13.2 Å². The van der Waals surface area contributed by atoms with Gasteiger partial charge in [0.1, 0.15) is 5.75 Å². The molecule has 10 heteroatoms.